The van der Waals surface area contributed by atoms with Crippen LogP contribution in [0.5, 0.6) is 0 Å². The largest absolute Gasteiger partial charge is 0.300 e. The van der Waals surface area contributed by atoms with E-state index in [1.807, 2.05) is 30.3 Å². The van der Waals surface area contributed by atoms with Crippen LogP contribution in [0.3, 0.4) is 0 Å². The highest BCUT2D eigenvalue weighted by Gasteiger charge is 2.27. The summed E-state index contributed by atoms with van der Waals surface area (Å²) < 4.78 is 0. The van der Waals surface area contributed by atoms with Gasteiger partial charge in [-0.15, -0.1) is 0 Å². The molecule has 0 N–H and O–H groups in total. The number of likely N-dealkylation sites (tertiary alicyclic amines) is 1. The van der Waals surface area contributed by atoms with Gasteiger partial charge in [0.05, 0.1) is 6.54 Å². The van der Waals surface area contributed by atoms with E-state index in [0.717, 1.165) is 25.1 Å². The van der Waals surface area contributed by atoms with Crippen molar-refractivity contribution in [1.82, 2.24) is 4.90 Å². The summed E-state index contributed by atoms with van der Waals surface area (Å²) in [5.74, 6) is 1.42. The van der Waals surface area contributed by atoms with Crippen molar-refractivity contribution >= 4 is 11.6 Å². The van der Waals surface area contributed by atoms with E-state index in [1.165, 1.54) is 0 Å². The predicted molar refractivity (Wildman–Crippen MR) is 79.8 cm³/mol. The summed E-state index contributed by atoms with van der Waals surface area (Å²) in [6.07, 6.45) is 1.70. The van der Waals surface area contributed by atoms with Gasteiger partial charge in [-0.05, 0) is 31.7 Å². The van der Waals surface area contributed by atoms with Gasteiger partial charge in [-0.2, -0.15) is 0 Å². The van der Waals surface area contributed by atoms with E-state index in [-0.39, 0.29) is 11.6 Å². The Morgan fingerprint density at radius 2 is 1.95 bits per heavy atom. The lowest BCUT2D eigenvalue weighted by molar-refractivity contribution is -0.118. The molecule has 2 atom stereocenters. The summed E-state index contributed by atoms with van der Waals surface area (Å²) in [7, 11) is 0. The minimum absolute atomic E-state index is 0.183. The van der Waals surface area contributed by atoms with Crippen LogP contribution in [-0.4, -0.2) is 36.1 Å². The van der Waals surface area contributed by atoms with E-state index in [4.69, 9.17) is 0 Å². The number of piperidine rings is 1. The number of nitrogens with zero attached hydrogens (tertiary/aromatic N) is 1. The van der Waals surface area contributed by atoms with Gasteiger partial charge in [-0.3, -0.25) is 9.69 Å². The van der Waals surface area contributed by atoms with Crippen LogP contribution < -0.4 is 0 Å². The fraction of sp³-hybridized carbons (Fsp3) is 0.529. The first kappa shape index (κ1) is 14.9. The van der Waals surface area contributed by atoms with Crippen LogP contribution in [0.15, 0.2) is 30.3 Å². The van der Waals surface area contributed by atoms with Crippen molar-refractivity contribution in [3.05, 3.63) is 35.9 Å². The quantitative estimate of drug-likeness (QED) is 0.774. The lowest BCUT2D eigenvalue weighted by Crippen LogP contribution is -2.42. The predicted octanol–water partition coefficient (Wildman–Crippen LogP) is 2.81. The van der Waals surface area contributed by atoms with Gasteiger partial charge >= 0.3 is 0 Å². The maximum absolute atomic E-state index is 12.2. The second-order valence-electron chi connectivity index (χ2n) is 5.96. The number of carbonyl (C=O) groups excluding carboxylic acids is 2. The molecular formula is C17H23NO2. The number of ketones is 2. The van der Waals surface area contributed by atoms with Crippen LogP contribution in [0.4, 0.5) is 0 Å². The first-order valence-electron chi connectivity index (χ1n) is 7.36. The van der Waals surface area contributed by atoms with Crippen molar-refractivity contribution < 1.29 is 9.59 Å². The molecule has 0 bridgehead atoms. The average molecular weight is 273 g/mol. The van der Waals surface area contributed by atoms with Gasteiger partial charge < -0.3 is 4.79 Å². The SMILES string of the molecule is CC(=O)C[C@@H]1CCN(CC(=O)c2ccccc2)C[C@H]1C. The monoisotopic (exact) mass is 273 g/mol. The molecule has 3 heteroatoms. The van der Waals surface area contributed by atoms with Crippen LogP contribution in [0, 0.1) is 11.8 Å². The molecule has 2 rings (SSSR count). The minimum atomic E-state index is 0.183. The van der Waals surface area contributed by atoms with E-state index in [0.29, 0.717) is 24.8 Å². The Bertz CT molecular complexity index is 469. The zero-order valence-corrected chi connectivity index (χ0v) is 12.3. The van der Waals surface area contributed by atoms with E-state index in [9.17, 15) is 9.59 Å². The van der Waals surface area contributed by atoms with Crippen molar-refractivity contribution in [2.45, 2.75) is 26.7 Å². The fourth-order valence-electron chi connectivity index (χ4n) is 3.02. The molecule has 0 aromatic heterocycles. The van der Waals surface area contributed by atoms with Gasteiger partial charge in [0.15, 0.2) is 5.78 Å². The first-order chi connectivity index (χ1) is 9.56. The van der Waals surface area contributed by atoms with Gasteiger partial charge in [0, 0.05) is 18.5 Å². The fourth-order valence-corrected chi connectivity index (χ4v) is 3.02. The van der Waals surface area contributed by atoms with Crippen molar-refractivity contribution in [3.8, 4) is 0 Å². The maximum atomic E-state index is 12.2. The summed E-state index contributed by atoms with van der Waals surface area (Å²) in [5.41, 5.74) is 0.783. The number of hydrogen-bond acceptors (Lipinski definition) is 3. The Hall–Kier alpha value is -1.48. The smallest absolute Gasteiger partial charge is 0.176 e. The number of carbonyl (C=O) groups is 2. The van der Waals surface area contributed by atoms with Gasteiger partial charge in [-0.1, -0.05) is 37.3 Å². The normalized spacial score (nSPS) is 23.5. The Labute approximate surface area is 121 Å². The Balaban J connectivity index is 1.87. The summed E-state index contributed by atoms with van der Waals surface area (Å²) >= 11 is 0. The highest BCUT2D eigenvalue weighted by molar-refractivity contribution is 5.97. The second kappa shape index (κ2) is 6.80. The molecule has 0 aliphatic carbocycles. The van der Waals surface area contributed by atoms with Crippen molar-refractivity contribution in [2.24, 2.45) is 11.8 Å². The molecule has 1 aromatic rings. The third kappa shape index (κ3) is 4.01. The molecule has 108 valence electrons. The van der Waals surface area contributed by atoms with Crippen LogP contribution in [0.2, 0.25) is 0 Å². The topological polar surface area (TPSA) is 37.4 Å². The molecule has 0 radical (unpaired) electrons. The summed E-state index contributed by atoms with van der Waals surface area (Å²) in [5, 5.41) is 0. The third-order valence-corrected chi connectivity index (χ3v) is 4.18. The summed E-state index contributed by atoms with van der Waals surface area (Å²) in [6, 6.07) is 9.46. The molecular weight excluding hydrogens is 250 g/mol. The molecule has 3 nitrogen and oxygen atoms in total. The highest BCUT2D eigenvalue weighted by Crippen LogP contribution is 2.26. The van der Waals surface area contributed by atoms with Crippen molar-refractivity contribution in [3.63, 3.8) is 0 Å². The average Bonchev–Trinajstić information content (AvgIpc) is 2.42. The van der Waals surface area contributed by atoms with Crippen molar-refractivity contribution in [2.75, 3.05) is 19.6 Å². The van der Waals surface area contributed by atoms with Crippen molar-refractivity contribution in [1.29, 1.82) is 0 Å². The van der Waals surface area contributed by atoms with E-state index in [1.54, 1.807) is 6.92 Å². The molecule has 1 fully saturated rings. The third-order valence-electron chi connectivity index (χ3n) is 4.18. The molecule has 1 aliphatic rings. The lowest BCUT2D eigenvalue weighted by Gasteiger charge is -2.36. The maximum Gasteiger partial charge on any atom is 0.176 e. The molecule has 1 heterocycles. The molecule has 20 heavy (non-hydrogen) atoms. The zero-order valence-electron chi connectivity index (χ0n) is 12.3. The molecule has 1 aromatic carbocycles. The highest BCUT2D eigenvalue weighted by atomic mass is 16.1. The zero-order chi connectivity index (χ0) is 14.5. The summed E-state index contributed by atoms with van der Waals surface area (Å²) in [4.78, 5) is 25.6. The molecule has 0 amide bonds. The van der Waals surface area contributed by atoms with Crippen LogP contribution >= 0.6 is 0 Å². The Morgan fingerprint density at radius 1 is 1.25 bits per heavy atom. The van der Waals surface area contributed by atoms with Gasteiger partial charge in [0.25, 0.3) is 0 Å². The van der Waals surface area contributed by atoms with Crippen LogP contribution in [0.25, 0.3) is 0 Å². The molecule has 0 unspecified atom stereocenters. The summed E-state index contributed by atoms with van der Waals surface area (Å²) in [6.45, 7) is 6.17. The van der Waals surface area contributed by atoms with Crippen LogP contribution in [0.1, 0.15) is 37.0 Å². The van der Waals surface area contributed by atoms with E-state index >= 15 is 0 Å². The van der Waals surface area contributed by atoms with Crippen LogP contribution in [-0.2, 0) is 4.79 Å². The Kier molecular flexibility index (Phi) is 5.07. The first-order valence-corrected chi connectivity index (χ1v) is 7.36. The second-order valence-corrected chi connectivity index (χ2v) is 5.96. The standard InChI is InChI=1S/C17H23NO2/c1-13-11-18(9-8-16(13)10-14(2)19)12-17(20)15-6-4-3-5-7-15/h3-7,13,16H,8-12H2,1-2H3/t13-,16+/m1/s1. The van der Waals surface area contributed by atoms with E-state index < -0.39 is 0 Å². The molecule has 1 aliphatic heterocycles. The van der Waals surface area contributed by atoms with Gasteiger partial charge in [0.2, 0.25) is 0 Å². The number of hydrogen-bond donors (Lipinski definition) is 0. The molecule has 0 saturated carbocycles. The number of rotatable bonds is 5. The lowest BCUT2D eigenvalue weighted by atomic mass is 9.83. The van der Waals surface area contributed by atoms with Gasteiger partial charge in [0.1, 0.15) is 5.78 Å². The minimum Gasteiger partial charge on any atom is -0.300 e. The molecule has 0 spiro atoms. The molecule has 1 saturated heterocycles. The Morgan fingerprint density at radius 3 is 2.55 bits per heavy atom. The number of benzene rings is 1. The number of Topliss-reactive ketones (excluding diaryl/α,β-unsaturated/α-hetero) is 2. The van der Waals surface area contributed by atoms with Gasteiger partial charge in [-0.25, -0.2) is 0 Å². The van der Waals surface area contributed by atoms with E-state index in [2.05, 4.69) is 11.8 Å².